The molecule has 1 aromatic rings. The summed E-state index contributed by atoms with van der Waals surface area (Å²) in [7, 11) is -0.614. The molecular weight excluding hydrogens is 348 g/mol. The number of hydrogen-bond acceptors (Lipinski definition) is 7. The predicted octanol–water partition coefficient (Wildman–Crippen LogP) is 2.37. The van der Waals surface area contributed by atoms with Crippen LogP contribution in [0.25, 0.3) is 0 Å². The van der Waals surface area contributed by atoms with Crippen LogP contribution in [0.4, 0.5) is 4.79 Å². The van der Waals surface area contributed by atoms with Gasteiger partial charge in [0.05, 0.1) is 14.2 Å². The number of ether oxygens (including phenoxy) is 1. The quantitative estimate of drug-likeness (QED) is 0.694. The van der Waals surface area contributed by atoms with Gasteiger partial charge in [-0.05, 0) is 19.8 Å². The topological polar surface area (TPSA) is 107 Å². The fraction of sp³-hybridized carbons (Fsp3) is 0.733. The highest BCUT2D eigenvalue weighted by molar-refractivity contribution is 8.26. The molecule has 0 saturated heterocycles. The van der Waals surface area contributed by atoms with Gasteiger partial charge in [0, 0.05) is 13.1 Å². The van der Waals surface area contributed by atoms with Crippen molar-refractivity contribution in [2.75, 3.05) is 27.3 Å². The Morgan fingerprint density at radius 2 is 1.92 bits per heavy atom. The number of nitrogens with zero attached hydrogens (tertiary/aromatic N) is 4. The highest BCUT2D eigenvalue weighted by Gasteiger charge is 2.43. The normalized spacial score (nSPS) is 17.2. The molecule has 3 atom stereocenters. The molecule has 3 unspecified atom stereocenters. The van der Waals surface area contributed by atoms with Gasteiger partial charge in [-0.2, -0.15) is 4.68 Å². The maximum absolute atomic E-state index is 12.4. The number of methoxy groups -OCH3 is 1. The Labute approximate surface area is 150 Å². The largest absolute Gasteiger partial charge is 0.468 e. The van der Waals surface area contributed by atoms with Crippen molar-refractivity contribution in [1.82, 2.24) is 19.7 Å². The Kier molecular flexibility index (Phi) is 7.84. The minimum absolute atomic E-state index is 0.0776. The van der Waals surface area contributed by atoms with E-state index in [1.54, 1.807) is 4.90 Å². The molecule has 1 rings (SSSR count). The van der Waals surface area contributed by atoms with Crippen LogP contribution in [0.3, 0.4) is 0 Å². The highest BCUT2D eigenvalue weighted by atomic mass is 32.3. The summed E-state index contributed by atoms with van der Waals surface area (Å²) in [4.78, 5) is 30.2. The summed E-state index contributed by atoms with van der Waals surface area (Å²) in [5, 5.41) is 3.06. The van der Waals surface area contributed by atoms with Crippen molar-refractivity contribution < 1.29 is 23.1 Å². The van der Waals surface area contributed by atoms with Crippen LogP contribution in [0.2, 0.25) is 0 Å². The number of carbonyl (C=O) groups excluding carboxylic acids is 2. The van der Waals surface area contributed by atoms with Crippen molar-refractivity contribution >= 4 is 22.6 Å². The van der Waals surface area contributed by atoms with Gasteiger partial charge in [0.2, 0.25) is 0 Å². The Morgan fingerprint density at radius 1 is 1.32 bits per heavy atom. The van der Waals surface area contributed by atoms with Gasteiger partial charge in [-0.1, -0.05) is 20.3 Å². The van der Waals surface area contributed by atoms with Crippen LogP contribution in [-0.2, 0) is 13.7 Å². The van der Waals surface area contributed by atoms with Gasteiger partial charge in [-0.3, -0.25) is 13.5 Å². The molecule has 0 saturated carbocycles. The van der Waals surface area contributed by atoms with E-state index in [1.165, 1.54) is 20.5 Å². The van der Waals surface area contributed by atoms with Gasteiger partial charge < -0.3 is 9.64 Å². The zero-order valence-corrected chi connectivity index (χ0v) is 16.4. The summed E-state index contributed by atoms with van der Waals surface area (Å²) < 4.78 is 22.3. The molecule has 0 aromatic carbocycles. The summed E-state index contributed by atoms with van der Waals surface area (Å²) in [6.07, 6.45) is 1.84. The summed E-state index contributed by atoms with van der Waals surface area (Å²) in [5.41, 5.74) is 0. The summed E-state index contributed by atoms with van der Waals surface area (Å²) in [6, 6.07) is -0.361. The van der Waals surface area contributed by atoms with E-state index in [1.807, 2.05) is 27.7 Å². The molecule has 1 aromatic heterocycles. The van der Waals surface area contributed by atoms with Crippen molar-refractivity contribution in [3.8, 4) is 0 Å². The third kappa shape index (κ3) is 4.31. The van der Waals surface area contributed by atoms with E-state index in [-0.39, 0.29) is 17.1 Å². The predicted molar refractivity (Wildman–Crippen MR) is 94.5 cm³/mol. The second kappa shape index (κ2) is 9.16. The Hall–Kier alpha value is -1.65. The second-order valence-corrected chi connectivity index (χ2v) is 7.83. The van der Waals surface area contributed by atoms with Crippen molar-refractivity contribution in [3.63, 3.8) is 0 Å². The number of aromatic nitrogens is 3. The summed E-state index contributed by atoms with van der Waals surface area (Å²) in [6.45, 7) is 8.45. The zero-order valence-electron chi connectivity index (χ0n) is 15.6. The standard InChI is InChI=1S/C15H28N4O5S/c1-7-11(4)12(13(20)23-5)25(22,24-6)14-16-10-19(17-14)15(21)18(8-2)9-3/h10-12,22H,7-9H2,1-6H3. The van der Waals surface area contributed by atoms with E-state index in [2.05, 4.69) is 10.1 Å². The average Bonchev–Trinajstić information content (AvgIpc) is 3.12. The summed E-state index contributed by atoms with van der Waals surface area (Å²) >= 11 is 0. The second-order valence-electron chi connectivity index (χ2n) is 5.49. The van der Waals surface area contributed by atoms with E-state index in [9.17, 15) is 14.1 Å². The first-order valence-electron chi connectivity index (χ1n) is 8.19. The maximum atomic E-state index is 12.4. The average molecular weight is 376 g/mol. The molecule has 144 valence electrons. The molecule has 0 fully saturated rings. The zero-order chi connectivity index (χ0) is 19.2. The monoisotopic (exact) mass is 376 g/mol. The van der Waals surface area contributed by atoms with Gasteiger partial charge in [0.15, 0.2) is 5.25 Å². The smallest absolute Gasteiger partial charge is 0.346 e. The SMILES string of the molecule is CCC(C)C(C(=O)OC)S(O)(OC)c1ncn(C(=O)N(CC)CC)n1. The lowest BCUT2D eigenvalue weighted by molar-refractivity contribution is -0.141. The van der Waals surface area contributed by atoms with Gasteiger partial charge in [0.1, 0.15) is 6.33 Å². The minimum Gasteiger partial charge on any atom is -0.468 e. The third-order valence-corrected chi connectivity index (χ3v) is 6.72. The van der Waals surface area contributed by atoms with Gasteiger partial charge in [0.25, 0.3) is 5.16 Å². The van der Waals surface area contributed by atoms with E-state index in [0.717, 1.165) is 4.68 Å². The van der Waals surface area contributed by atoms with Crippen molar-refractivity contribution in [2.45, 2.75) is 44.5 Å². The minimum atomic E-state index is -3.16. The molecular formula is C15H28N4O5S. The highest BCUT2D eigenvalue weighted by Crippen LogP contribution is 2.57. The summed E-state index contributed by atoms with van der Waals surface area (Å²) in [5.74, 6) is -0.821. The Bertz CT molecular complexity index is 592. The van der Waals surface area contributed by atoms with E-state index in [0.29, 0.717) is 19.5 Å². The number of rotatable bonds is 8. The number of esters is 1. The van der Waals surface area contributed by atoms with E-state index >= 15 is 0 Å². The molecule has 10 heteroatoms. The number of hydrogen-bond donors (Lipinski definition) is 1. The van der Waals surface area contributed by atoms with Crippen LogP contribution in [-0.4, -0.2) is 68.8 Å². The van der Waals surface area contributed by atoms with E-state index in [4.69, 9.17) is 8.92 Å². The van der Waals surface area contributed by atoms with Gasteiger partial charge in [-0.15, -0.1) is 15.7 Å². The maximum Gasteiger partial charge on any atom is 0.346 e. The van der Waals surface area contributed by atoms with Gasteiger partial charge >= 0.3 is 12.0 Å². The van der Waals surface area contributed by atoms with Gasteiger partial charge in [-0.25, -0.2) is 9.78 Å². The Morgan fingerprint density at radius 3 is 2.36 bits per heavy atom. The first kappa shape index (κ1) is 21.4. The lowest BCUT2D eigenvalue weighted by atomic mass is 10.1. The van der Waals surface area contributed by atoms with Crippen molar-refractivity contribution in [3.05, 3.63) is 6.33 Å². The molecule has 25 heavy (non-hydrogen) atoms. The molecule has 9 nitrogen and oxygen atoms in total. The van der Waals surface area contributed by atoms with Crippen molar-refractivity contribution in [2.24, 2.45) is 5.92 Å². The molecule has 0 aliphatic rings. The van der Waals surface area contributed by atoms with Crippen LogP contribution in [0, 0.1) is 5.92 Å². The van der Waals surface area contributed by atoms with E-state index < -0.39 is 21.8 Å². The molecule has 1 amide bonds. The lowest BCUT2D eigenvalue weighted by Crippen LogP contribution is -2.36. The molecule has 1 N–H and O–H groups in total. The van der Waals surface area contributed by atoms with Crippen LogP contribution >= 0.6 is 10.6 Å². The third-order valence-electron chi connectivity index (χ3n) is 4.15. The fourth-order valence-electron chi connectivity index (χ4n) is 2.41. The van der Waals surface area contributed by atoms with Crippen LogP contribution in [0.5, 0.6) is 0 Å². The van der Waals surface area contributed by atoms with Crippen LogP contribution in [0.15, 0.2) is 11.5 Å². The lowest BCUT2D eigenvalue weighted by Gasteiger charge is -2.41. The molecule has 0 bridgehead atoms. The molecule has 0 radical (unpaired) electrons. The first-order chi connectivity index (χ1) is 11.8. The first-order valence-corrected chi connectivity index (χ1v) is 9.77. The number of amides is 1. The Balaban J connectivity index is 3.29. The molecule has 0 aliphatic heterocycles. The fourth-order valence-corrected chi connectivity index (χ4v) is 4.58. The van der Waals surface area contributed by atoms with Crippen LogP contribution < -0.4 is 0 Å². The molecule has 0 spiro atoms. The van der Waals surface area contributed by atoms with Crippen LogP contribution in [0.1, 0.15) is 34.1 Å². The molecule has 1 heterocycles. The molecule has 0 aliphatic carbocycles. The van der Waals surface area contributed by atoms with Crippen molar-refractivity contribution in [1.29, 1.82) is 0 Å². The number of carbonyl (C=O) groups is 2.